The summed E-state index contributed by atoms with van der Waals surface area (Å²) in [5, 5.41) is 1.92. The van der Waals surface area contributed by atoms with Gasteiger partial charge in [0.15, 0.2) is 0 Å². The third-order valence-electron chi connectivity index (χ3n) is 5.06. The Morgan fingerprint density at radius 3 is 2.73 bits per heavy atom. The molecule has 7 heteroatoms. The van der Waals surface area contributed by atoms with Crippen LogP contribution in [0.4, 0.5) is 5.69 Å². The van der Waals surface area contributed by atoms with Crippen molar-refractivity contribution in [3.05, 3.63) is 46.2 Å². The van der Waals surface area contributed by atoms with E-state index in [1.807, 2.05) is 22.4 Å². The average molecular weight is 391 g/mol. The summed E-state index contributed by atoms with van der Waals surface area (Å²) < 4.78 is 28.0. The first-order valence-corrected chi connectivity index (χ1v) is 11.1. The van der Waals surface area contributed by atoms with Crippen LogP contribution in [0.1, 0.15) is 37.1 Å². The summed E-state index contributed by atoms with van der Waals surface area (Å²) in [5.41, 5.74) is 1.51. The fourth-order valence-corrected chi connectivity index (χ4v) is 5.20. The van der Waals surface area contributed by atoms with E-state index in [0.29, 0.717) is 6.54 Å². The lowest BCUT2D eigenvalue weighted by atomic mass is 9.87. The van der Waals surface area contributed by atoms with Gasteiger partial charge in [0.2, 0.25) is 15.9 Å². The van der Waals surface area contributed by atoms with E-state index in [1.54, 1.807) is 18.2 Å². The van der Waals surface area contributed by atoms with Crippen molar-refractivity contribution < 1.29 is 13.2 Å². The molecule has 2 aromatic rings. The van der Waals surface area contributed by atoms with Gasteiger partial charge in [0, 0.05) is 35.0 Å². The molecule has 1 N–H and O–H groups in total. The third kappa shape index (κ3) is 3.19. The Morgan fingerprint density at radius 2 is 2.08 bits per heavy atom. The number of amides is 1. The molecule has 0 radical (unpaired) electrons. The summed E-state index contributed by atoms with van der Waals surface area (Å²) in [6.07, 6.45) is 1.92. The molecule has 26 heavy (non-hydrogen) atoms. The smallest absolute Gasteiger partial charge is 0.240 e. The molecule has 0 unspecified atom stereocenters. The number of carbonyl (C=O) groups is 1. The minimum Gasteiger partial charge on any atom is -0.311 e. The van der Waals surface area contributed by atoms with Crippen LogP contribution in [0.2, 0.25) is 0 Å². The Hall–Kier alpha value is -1.70. The van der Waals surface area contributed by atoms with Crippen LogP contribution in [0.25, 0.3) is 0 Å². The van der Waals surface area contributed by atoms with Crippen molar-refractivity contribution in [1.82, 2.24) is 4.72 Å². The predicted octanol–water partition coefficient (Wildman–Crippen LogP) is 3.26. The van der Waals surface area contributed by atoms with E-state index in [4.69, 9.17) is 0 Å². The second-order valence-corrected chi connectivity index (χ2v) is 10.5. The Bertz CT molecular complexity index is 945. The van der Waals surface area contributed by atoms with Gasteiger partial charge in [-0.05, 0) is 48.1 Å². The van der Waals surface area contributed by atoms with Crippen molar-refractivity contribution in [2.75, 3.05) is 11.4 Å². The first kappa shape index (κ1) is 17.7. The second-order valence-electron chi connectivity index (χ2n) is 7.67. The maximum absolute atomic E-state index is 12.7. The maximum atomic E-state index is 12.7. The predicted molar refractivity (Wildman–Crippen MR) is 103 cm³/mol. The van der Waals surface area contributed by atoms with Gasteiger partial charge in [-0.25, -0.2) is 13.1 Å². The number of benzene rings is 1. The van der Waals surface area contributed by atoms with Crippen LogP contribution >= 0.6 is 11.3 Å². The number of nitrogens with zero attached hydrogens (tertiary/aromatic N) is 1. The highest BCUT2D eigenvalue weighted by Crippen LogP contribution is 2.44. The van der Waals surface area contributed by atoms with Crippen LogP contribution in [0.15, 0.2) is 40.6 Å². The van der Waals surface area contributed by atoms with Gasteiger partial charge >= 0.3 is 0 Å². The Kier molecular flexibility index (Phi) is 4.21. The minimum atomic E-state index is -3.60. The van der Waals surface area contributed by atoms with Crippen molar-refractivity contribution >= 4 is 33.0 Å². The molecule has 1 aliphatic carbocycles. The van der Waals surface area contributed by atoms with Crippen molar-refractivity contribution in [3.8, 4) is 0 Å². The molecule has 4 rings (SSSR count). The van der Waals surface area contributed by atoms with Gasteiger partial charge in [0.25, 0.3) is 0 Å². The van der Waals surface area contributed by atoms with Crippen LogP contribution in [0, 0.1) is 5.92 Å². The molecule has 0 bridgehead atoms. The lowest BCUT2D eigenvalue weighted by Gasteiger charge is -2.20. The van der Waals surface area contributed by atoms with Crippen molar-refractivity contribution in [2.45, 2.75) is 43.5 Å². The summed E-state index contributed by atoms with van der Waals surface area (Å²) in [7, 11) is -3.60. The highest BCUT2D eigenvalue weighted by molar-refractivity contribution is 7.89. The molecule has 1 aromatic heterocycles. The number of anilines is 1. The molecular weight excluding hydrogens is 368 g/mol. The fourth-order valence-electron chi connectivity index (χ4n) is 3.44. The number of nitrogens with one attached hydrogen (secondary N) is 1. The first-order chi connectivity index (χ1) is 12.3. The molecule has 138 valence electrons. The van der Waals surface area contributed by atoms with Gasteiger partial charge in [-0.15, -0.1) is 11.3 Å². The molecular formula is C19H22N2O3S2. The summed E-state index contributed by atoms with van der Waals surface area (Å²) in [4.78, 5) is 15.6. The van der Waals surface area contributed by atoms with Crippen molar-refractivity contribution in [1.29, 1.82) is 0 Å². The van der Waals surface area contributed by atoms with Crippen molar-refractivity contribution in [3.63, 3.8) is 0 Å². The van der Waals surface area contributed by atoms with E-state index in [0.717, 1.165) is 29.0 Å². The van der Waals surface area contributed by atoms with E-state index >= 15 is 0 Å². The lowest BCUT2D eigenvalue weighted by molar-refractivity contribution is -0.119. The normalized spacial score (nSPS) is 18.8. The monoisotopic (exact) mass is 390 g/mol. The van der Waals surface area contributed by atoms with Gasteiger partial charge in [-0.1, -0.05) is 19.9 Å². The third-order valence-corrected chi connectivity index (χ3v) is 7.34. The second kappa shape index (κ2) is 6.18. The maximum Gasteiger partial charge on any atom is 0.240 e. The molecule has 1 fully saturated rings. The highest BCUT2D eigenvalue weighted by Gasteiger charge is 2.43. The number of thiophene rings is 1. The zero-order valence-electron chi connectivity index (χ0n) is 14.9. The highest BCUT2D eigenvalue weighted by atomic mass is 32.2. The van der Waals surface area contributed by atoms with Crippen molar-refractivity contribution in [2.24, 2.45) is 5.92 Å². The molecule has 2 aliphatic rings. The van der Waals surface area contributed by atoms with Gasteiger partial charge in [0.1, 0.15) is 0 Å². The van der Waals surface area contributed by atoms with Crippen LogP contribution in [0.5, 0.6) is 0 Å². The molecule has 2 heterocycles. The molecule has 1 aromatic carbocycles. The van der Waals surface area contributed by atoms with Gasteiger partial charge in [0.05, 0.1) is 4.90 Å². The van der Waals surface area contributed by atoms with E-state index in [1.165, 1.54) is 11.3 Å². The van der Waals surface area contributed by atoms with Crippen LogP contribution in [-0.4, -0.2) is 20.9 Å². The topological polar surface area (TPSA) is 66.5 Å². The van der Waals surface area contributed by atoms with Crippen LogP contribution < -0.4 is 9.62 Å². The molecule has 5 nitrogen and oxygen atoms in total. The number of fused-ring (bicyclic) bond motifs is 1. The van der Waals surface area contributed by atoms with Crippen LogP contribution in [0.3, 0.4) is 0 Å². The Morgan fingerprint density at radius 1 is 1.31 bits per heavy atom. The molecule has 0 saturated heterocycles. The van der Waals surface area contributed by atoms with E-state index in [9.17, 15) is 13.2 Å². The quantitative estimate of drug-likeness (QED) is 0.852. The SMILES string of the molecule is CC1(C)CN(C(=O)C2CC2)c2ccc(S(=O)(=O)NCc3cccs3)cc21. The average Bonchev–Trinajstić information content (AvgIpc) is 3.25. The number of hydrogen-bond donors (Lipinski definition) is 1. The number of sulfonamides is 1. The Labute approximate surface area is 158 Å². The minimum absolute atomic E-state index is 0.146. The van der Waals surface area contributed by atoms with Gasteiger partial charge < -0.3 is 4.90 Å². The number of carbonyl (C=O) groups excluding carboxylic acids is 1. The molecule has 1 saturated carbocycles. The van der Waals surface area contributed by atoms with E-state index < -0.39 is 10.0 Å². The van der Waals surface area contributed by atoms with E-state index in [-0.39, 0.29) is 28.7 Å². The lowest BCUT2D eigenvalue weighted by Crippen LogP contribution is -2.34. The number of hydrogen-bond acceptors (Lipinski definition) is 4. The zero-order chi connectivity index (χ0) is 18.5. The largest absolute Gasteiger partial charge is 0.311 e. The Balaban J connectivity index is 1.62. The van der Waals surface area contributed by atoms with Crippen LogP contribution in [-0.2, 0) is 26.8 Å². The van der Waals surface area contributed by atoms with Gasteiger partial charge in [-0.2, -0.15) is 0 Å². The number of rotatable bonds is 5. The first-order valence-electron chi connectivity index (χ1n) is 8.76. The molecule has 1 aliphatic heterocycles. The summed E-state index contributed by atoms with van der Waals surface area (Å²) in [6.45, 7) is 5.00. The van der Waals surface area contributed by atoms with E-state index in [2.05, 4.69) is 18.6 Å². The fraction of sp³-hybridized carbons (Fsp3) is 0.421. The molecule has 0 atom stereocenters. The summed E-state index contributed by atoms with van der Waals surface area (Å²) >= 11 is 1.52. The summed E-state index contributed by atoms with van der Waals surface area (Å²) in [6, 6.07) is 8.92. The molecule has 0 spiro atoms. The molecule has 1 amide bonds. The zero-order valence-corrected chi connectivity index (χ0v) is 16.5. The van der Waals surface area contributed by atoms with Gasteiger partial charge in [-0.3, -0.25) is 4.79 Å². The standard InChI is InChI=1S/C19H22N2O3S2/c1-19(2)12-21(18(22)13-5-6-13)17-8-7-15(10-16(17)19)26(23,24)20-11-14-4-3-9-25-14/h3-4,7-10,13,20H,5-6,11-12H2,1-2H3. The summed E-state index contributed by atoms with van der Waals surface area (Å²) in [5.74, 6) is 0.316.